The van der Waals surface area contributed by atoms with Crippen molar-refractivity contribution in [2.45, 2.75) is 32.8 Å². The standard InChI is InChI=1S/C16H18N2O4/c1-10(2)11-3-5-13(6-4-11)22-9-14-17-8-12(7-15(19)20)16(21)18-14/h3-6,8,10H,7,9H2,1-2H3,(H,19,20)(H,17,18,21). The summed E-state index contributed by atoms with van der Waals surface area (Å²) in [6, 6.07) is 7.72. The van der Waals surface area contributed by atoms with Crippen LogP contribution >= 0.6 is 0 Å². The first kappa shape index (κ1) is 15.8. The van der Waals surface area contributed by atoms with Crippen LogP contribution < -0.4 is 10.3 Å². The van der Waals surface area contributed by atoms with Gasteiger partial charge >= 0.3 is 5.97 Å². The Morgan fingerprint density at radius 1 is 1.32 bits per heavy atom. The van der Waals surface area contributed by atoms with E-state index in [0.717, 1.165) is 0 Å². The summed E-state index contributed by atoms with van der Waals surface area (Å²) in [5, 5.41) is 8.67. The monoisotopic (exact) mass is 302 g/mol. The van der Waals surface area contributed by atoms with E-state index in [0.29, 0.717) is 17.5 Å². The molecular formula is C16H18N2O4. The number of hydrogen-bond acceptors (Lipinski definition) is 4. The van der Waals surface area contributed by atoms with Gasteiger partial charge in [-0.3, -0.25) is 9.59 Å². The minimum absolute atomic E-state index is 0.115. The fraction of sp³-hybridized carbons (Fsp3) is 0.312. The molecule has 0 aliphatic carbocycles. The number of aliphatic carboxylic acids is 1. The second-order valence-corrected chi connectivity index (χ2v) is 5.27. The summed E-state index contributed by atoms with van der Waals surface area (Å²) in [5.74, 6) is 0.420. The lowest BCUT2D eigenvalue weighted by Crippen LogP contribution is -2.19. The van der Waals surface area contributed by atoms with Crippen LogP contribution in [0.3, 0.4) is 0 Å². The van der Waals surface area contributed by atoms with E-state index in [1.165, 1.54) is 11.8 Å². The Hall–Kier alpha value is -2.63. The molecule has 0 spiro atoms. The van der Waals surface area contributed by atoms with E-state index in [-0.39, 0.29) is 18.6 Å². The third-order valence-corrected chi connectivity index (χ3v) is 3.19. The first-order valence-electron chi connectivity index (χ1n) is 6.97. The van der Waals surface area contributed by atoms with E-state index in [2.05, 4.69) is 23.8 Å². The number of aromatic amines is 1. The largest absolute Gasteiger partial charge is 0.486 e. The van der Waals surface area contributed by atoms with Gasteiger partial charge in [0.15, 0.2) is 0 Å². The first-order valence-corrected chi connectivity index (χ1v) is 6.97. The summed E-state index contributed by atoms with van der Waals surface area (Å²) in [4.78, 5) is 28.8. The van der Waals surface area contributed by atoms with Crippen molar-refractivity contribution >= 4 is 5.97 Å². The zero-order valence-electron chi connectivity index (χ0n) is 12.5. The van der Waals surface area contributed by atoms with Gasteiger partial charge in [-0.05, 0) is 23.6 Å². The molecule has 1 heterocycles. The number of rotatable bonds is 6. The summed E-state index contributed by atoms with van der Waals surface area (Å²) >= 11 is 0. The topological polar surface area (TPSA) is 92.3 Å². The van der Waals surface area contributed by atoms with Crippen LogP contribution in [-0.2, 0) is 17.8 Å². The average molecular weight is 302 g/mol. The minimum atomic E-state index is -1.07. The van der Waals surface area contributed by atoms with Crippen LogP contribution in [0, 0.1) is 0 Å². The van der Waals surface area contributed by atoms with Crippen LogP contribution in [0.25, 0.3) is 0 Å². The van der Waals surface area contributed by atoms with Gasteiger partial charge < -0.3 is 14.8 Å². The normalized spacial score (nSPS) is 10.7. The molecule has 0 radical (unpaired) electrons. The number of ether oxygens (including phenoxy) is 1. The molecule has 2 N–H and O–H groups in total. The molecule has 2 aromatic rings. The van der Waals surface area contributed by atoms with E-state index in [4.69, 9.17) is 9.84 Å². The van der Waals surface area contributed by atoms with Crippen molar-refractivity contribution < 1.29 is 14.6 Å². The van der Waals surface area contributed by atoms with Gasteiger partial charge in [0, 0.05) is 11.8 Å². The molecule has 6 nitrogen and oxygen atoms in total. The molecule has 1 aromatic carbocycles. The highest BCUT2D eigenvalue weighted by Gasteiger charge is 2.07. The second kappa shape index (κ2) is 6.89. The molecule has 0 amide bonds. The maximum Gasteiger partial charge on any atom is 0.308 e. The average Bonchev–Trinajstić information content (AvgIpc) is 2.47. The van der Waals surface area contributed by atoms with Crippen LogP contribution in [0.15, 0.2) is 35.3 Å². The predicted octanol–water partition coefficient (Wildman–Crippen LogP) is 2.10. The number of benzene rings is 1. The van der Waals surface area contributed by atoms with Crippen LogP contribution in [0.1, 0.15) is 36.7 Å². The number of aromatic nitrogens is 2. The van der Waals surface area contributed by atoms with Crippen molar-refractivity contribution in [2.75, 3.05) is 0 Å². The molecule has 0 aliphatic heterocycles. The summed E-state index contributed by atoms with van der Waals surface area (Å²) < 4.78 is 5.55. The molecule has 0 saturated carbocycles. The van der Waals surface area contributed by atoms with Gasteiger partial charge in [-0.2, -0.15) is 0 Å². The zero-order chi connectivity index (χ0) is 16.1. The van der Waals surface area contributed by atoms with Crippen molar-refractivity contribution in [2.24, 2.45) is 0 Å². The summed E-state index contributed by atoms with van der Waals surface area (Å²) in [7, 11) is 0. The number of H-pyrrole nitrogens is 1. The molecule has 0 unspecified atom stereocenters. The molecule has 116 valence electrons. The SMILES string of the molecule is CC(C)c1ccc(OCc2ncc(CC(=O)O)c(=O)[nH]2)cc1. The van der Waals surface area contributed by atoms with E-state index in [1.807, 2.05) is 24.3 Å². The quantitative estimate of drug-likeness (QED) is 0.852. The summed E-state index contributed by atoms with van der Waals surface area (Å²) in [6.45, 7) is 4.34. The summed E-state index contributed by atoms with van der Waals surface area (Å²) in [5.41, 5.74) is 0.889. The predicted molar refractivity (Wildman–Crippen MR) is 81.1 cm³/mol. The first-order chi connectivity index (χ1) is 10.5. The van der Waals surface area contributed by atoms with Crippen LogP contribution in [0.2, 0.25) is 0 Å². The van der Waals surface area contributed by atoms with Crippen molar-refractivity contribution in [1.29, 1.82) is 0 Å². The van der Waals surface area contributed by atoms with Gasteiger partial charge in [0.25, 0.3) is 5.56 Å². The Kier molecular flexibility index (Phi) is 4.93. The number of hydrogen-bond donors (Lipinski definition) is 2. The molecule has 2 rings (SSSR count). The smallest absolute Gasteiger partial charge is 0.308 e. The van der Waals surface area contributed by atoms with Gasteiger partial charge in [0.2, 0.25) is 0 Å². The van der Waals surface area contributed by atoms with Crippen LogP contribution in [-0.4, -0.2) is 21.0 Å². The fourth-order valence-electron chi connectivity index (χ4n) is 1.92. The second-order valence-electron chi connectivity index (χ2n) is 5.27. The lowest BCUT2D eigenvalue weighted by Gasteiger charge is -2.08. The fourth-order valence-corrected chi connectivity index (χ4v) is 1.92. The van der Waals surface area contributed by atoms with Gasteiger partial charge in [-0.25, -0.2) is 4.98 Å². The maximum atomic E-state index is 11.7. The molecule has 0 saturated heterocycles. The highest BCUT2D eigenvalue weighted by atomic mass is 16.5. The van der Waals surface area contributed by atoms with Gasteiger partial charge in [0.05, 0.1) is 6.42 Å². The number of carbonyl (C=O) groups is 1. The van der Waals surface area contributed by atoms with E-state index in [1.54, 1.807) is 0 Å². The number of nitrogens with zero attached hydrogens (tertiary/aromatic N) is 1. The Labute approximate surface area is 127 Å². The maximum absolute atomic E-state index is 11.7. The van der Waals surface area contributed by atoms with Crippen molar-refractivity contribution in [3.8, 4) is 5.75 Å². The Balaban J connectivity index is 2.01. The van der Waals surface area contributed by atoms with E-state index < -0.39 is 11.5 Å². The van der Waals surface area contributed by atoms with E-state index in [9.17, 15) is 9.59 Å². The summed E-state index contributed by atoms with van der Waals surface area (Å²) in [6.07, 6.45) is 0.924. The third kappa shape index (κ3) is 4.18. The van der Waals surface area contributed by atoms with Crippen molar-refractivity contribution in [3.05, 3.63) is 57.8 Å². The van der Waals surface area contributed by atoms with Crippen molar-refractivity contribution in [3.63, 3.8) is 0 Å². The Bertz CT molecular complexity index is 705. The highest BCUT2D eigenvalue weighted by Crippen LogP contribution is 2.18. The number of carboxylic acid groups (broad SMARTS) is 1. The molecule has 0 aliphatic rings. The number of carboxylic acids is 1. The molecule has 22 heavy (non-hydrogen) atoms. The van der Waals surface area contributed by atoms with Gasteiger partial charge in [-0.1, -0.05) is 26.0 Å². The van der Waals surface area contributed by atoms with Gasteiger partial charge in [0.1, 0.15) is 18.2 Å². The van der Waals surface area contributed by atoms with Crippen LogP contribution in [0.5, 0.6) is 5.75 Å². The highest BCUT2D eigenvalue weighted by molar-refractivity contribution is 5.69. The Morgan fingerprint density at radius 2 is 2.00 bits per heavy atom. The lowest BCUT2D eigenvalue weighted by atomic mass is 10.0. The molecule has 0 atom stereocenters. The molecular weight excluding hydrogens is 284 g/mol. The van der Waals surface area contributed by atoms with Crippen LogP contribution in [0.4, 0.5) is 0 Å². The van der Waals surface area contributed by atoms with Crippen molar-refractivity contribution in [1.82, 2.24) is 9.97 Å². The minimum Gasteiger partial charge on any atom is -0.486 e. The van der Waals surface area contributed by atoms with Gasteiger partial charge in [-0.15, -0.1) is 0 Å². The van der Waals surface area contributed by atoms with E-state index >= 15 is 0 Å². The molecule has 1 aromatic heterocycles. The molecule has 6 heteroatoms. The third-order valence-electron chi connectivity index (χ3n) is 3.19. The Morgan fingerprint density at radius 3 is 2.55 bits per heavy atom. The number of nitrogens with one attached hydrogen (secondary N) is 1. The lowest BCUT2D eigenvalue weighted by molar-refractivity contribution is -0.136. The zero-order valence-corrected chi connectivity index (χ0v) is 12.5. The molecule has 0 fully saturated rings. The molecule has 0 bridgehead atoms.